The summed E-state index contributed by atoms with van der Waals surface area (Å²) in [5.41, 5.74) is 1.40. The Morgan fingerprint density at radius 2 is 1.76 bits per heavy atom. The van der Waals surface area contributed by atoms with Gasteiger partial charge in [-0.3, -0.25) is 0 Å². The van der Waals surface area contributed by atoms with Gasteiger partial charge in [0.15, 0.2) is 0 Å². The van der Waals surface area contributed by atoms with Gasteiger partial charge in [0.05, 0.1) is 0 Å². The zero-order valence-electron chi connectivity index (χ0n) is 11.1. The zero-order chi connectivity index (χ0) is 11.9. The summed E-state index contributed by atoms with van der Waals surface area (Å²) in [5, 5.41) is 0. The third-order valence-electron chi connectivity index (χ3n) is 3.95. The molecule has 94 valence electrons. The summed E-state index contributed by atoms with van der Waals surface area (Å²) in [5.74, 6) is 0.988. The van der Waals surface area contributed by atoms with Crippen molar-refractivity contribution < 1.29 is 0 Å². The standard InChI is InChI=1S/C16H25N/c1-2-3-5-8-15-11-13-17(14-12-15)16-9-6-4-7-10-16/h4,6-7,9-10,15H,2-3,5,8,11-14H2,1H3. The number of rotatable bonds is 5. The quantitative estimate of drug-likeness (QED) is 0.675. The lowest BCUT2D eigenvalue weighted by Crippen LogP contribution is -2.33. The molecule has 1 nitrogen and oxygen atoms in total. The van der Waals surface area contributed by atoms with Crippen molar-refractivity contribution in [3.8, 4) is 0 Å². The van der Waals surface area contributed by atoms with Gasteiger partial charge in [-0.2, -0.15) is 0 Å². The van der Waals surface area contributed by atoms with Crippen molar-refractivity contribution in [1.29, 1.82) is 0 Å². The fraction of sp³-hybridized carbons (Fsp3) is 0.625. The smallest absolute Gasteiger partial charge is 0.0366 e. The van der Waals surface area contributed by atoms with Crippen LogP contribution in [-0.4, -0.2) is 13.1 Å². The number of anilines is 1. The molecule has 0 amide bonds. The minimum absolute atomic E-state index is 0.988. The minimum atomic E-state index is 0.988. The van der Waals surface area contributed by atoms with E-state index in [0.717, 1.165) is 5.92 Å². The Morgan fingerprint density at radius 1 is 1.06 bits per heavy atom. The summed E-state index contributed by atoms with van der Waals surface area (Å²) in [6.45, 7) is 4.79. The molecule has 1 aliphatic heterocycles. The van der Waals surface area contributed by atoms with Crippen molar-refractivity contribution in [2.75, 3.05) is 18.0 Å². The SMILES string of the molecule is CCCCCC1CCN(c2ccccc2)CC1. The van der Waals surface area contributed by atoms with Crippen LogP contribution < -0.4 is 4.90 Å². The van der Waals surface area contributed by atoms with Gasteiger partial charge in [-0.15, -0.1) is 0 Å². The van der Waals surface area contributed by atoms with E-state index in [-0.39, 0.29) is 0 Å². The van der Waals surface area contributed by atoms with Crippen LogP contribution in [0.25, 0.3) is 0 Å². The maximum absolute atomic E-state index is 2.54. The second-order valence-corrected chi connectivity index (χ2v) is 5.26. The zero-order valence-corrected chi connectivity index (χ0v) is 11.1. The van der Waals surface area contributed by atoms with Crippen LogP contribution in [0.1, 0.15) is 45.4 Å². The highest BCUT2D eigenvalue weighted by Crippen LogP contribution is 2.26. The van der Waals surface area contributed by atoms with Gasteiger partial charge in [0.25, 0.3) is 0 Å². The number of para-hydroxylation sites is 1. The Morgan fingerprint density at radius 3 is 2.41 bits per heavy atom. The van der Waals surface area contributed by atoms with Gasteiger partial charge in [0, 0.05) is 18.8 Å². The molecule has 0 spiro atoms. The molecule has 1 saturated heterocycles. The molecule has 0 N–H and O–H groups in total. The molecule has 1 heteroatoms. The Bertz CT molecular complexity index is 299. The van der Waals surface area contributed by atoms with Crippen molar-refractivity contribution in [3.05, 3.63) is 30.3 Å². The molecule has 0 unspecified atom stereocenters. The lowest BCUT2D eigenvalue weighted by molar-refractivity contribution is 0.368. The number of benzene rings is 1. The van der Waals surface area contributed by atoms with E-state index in [1.165, 1.54) is 57.3 Å². The van der Waals surface area contributed by atoms with Gasteiger partial charge in [-0.1, -0.05) is 50.8 Å². The van der Waals surface area contributed by atoms with Crippen molar-refractivity contribution >= 4 is 5.69 Å². The van der Waals surface area contributed by atoms with E-state index < -0.39 is 0 Å². The first-order valence-corrected chi connectivity index (χ1v) is 7.20. The molecule has 1 fully saturated rings. The summed E-state index contributed by atoms with van der Waals surface area (Å²) in [6.07, 6.45) is 8.43. The van der Waals surface area contributed by atoms with Crippen molar-refractivity contribution in [3.63, 3.8) is 0 Å². The van der Waals surface area contributed by atoms with Crippen LogP contribution in [0.3, 0.4) is 0 Å². The van der Waals surface area contributed by atoms with Gasteiger partial charge in [-0.05, 0) is 30.9 Å². The van der Waals surface area contributed by atoms with Crippen LogP contribution in [0, 0.1) is 5.92 Å². The van der Waals surface area contributed by atoms with E-state index in [4.69, 9.17) is 0 Å². The molecule has 0 saturated carbocycles. The number of hydrogen-bond acceptors (Lipinski definition) is 1. The number of hydrogen-bond donors (Lipinski definition) is 0. The topological polar surface area (TPSA) is 3.24 Å². The number of nitrogens with zero attached hydrogens (tertiary/aromatic N) is 1. The molecular weight excluding hydrogens is 206 g/mol. The van der Waals surface area contributed by atoms with E-state index in [0.29, 0.717) is 0 Å². The van der Waals surface area contributed by atoms with Crippen LogP contribution in [-0.2, 0) is 0 Å². The summed E-state index contributed by atoms with van der Waals surface area (Å²) in [6, 6.07) is 10.8. The fourth-order valence-electron chi connectivity index (χ4n) is 2.80. The summed E-state index contributed by atoms with van der Waals surface area (Å²) in [4.78, 5) is 2.54. The molecule has 1 aromatic rings. The first-order valence-electron chi connectivity index (χ1n) is 7.20. The molecule has 0 aliphatic carbocycles. The maximum atomic E-state index is 2.54. The molecule has 0 bridgehead atoms. The summed E-state index contributed by atoms with van der Waals surface area (Å²) >= 11 is 0. The molecule has 0 radical (unpaired) electrons. The average Bonchev–Trinajstić information content (AvgIpc) is 2.41. The van der Waals surface area contributed by atoms with Gasteiger partial charge in [0.2, 0.25) is 0 Å². The second-order valence-electron chi connectivity index (χ2n) is 5.26. The van der Waals surface area contributed by atoms with Crippen molar-refractivity contribution in [1.82, 2.24) is 0 Å². The van der Waals surface area contributed by atoms with Crippen LogP contribution in [0.2, 0.25) is 0 Å². The average molecular weight is 231 g/mol. The lowest BCUT2D eigenvalue weighted by Gasteiger charge is -2.33. The molecule has 1 heterocycles. The third-order valence-corrected chi connectivity index (χ3v) is 3.95. The van der Waals surface area contributed by atoms with Crippen LogP contribution in [0.15, 0.2) is 30.3 Å². The largest absolute Gasteiger partial charge is 0.372 e. The monoisotopic (exact) mass is 231 g/mol. The molecule has 17 heavy (non-hydrogen) atoms. The second kappa shape index (κ2) is 6.68. The van der Waals surface area contributed by atoms with Crippen molar-refractivity contribution in [2.24, 2.45) is 5.92 Å². The first-order chi connectivity index (χ1) is 8.40. The van der Waals surface area contributed by atoms with E-state index in [2.05, 4.69) is 42.2 Å². The van der Waals surface area contributed by atoms with Crippen LogP contribution >= 0.6 is 0 Å². The fourth-order valence-corrected chi connectivity index (χ4v) is 2.80. The molecule has 0 aromatic heterocycles. The van der Waals surface area contributed by atoms with Crippen molar-refractivity contribution in [2.45, 2.75) is 45.4 Å². The number of unbranched alkanes of at least 4 members (excludes halogenated alkanes) is 2. The third kappa shape index (κ3) is 3.76. The normalized spacial score (nSPS) is 17.4. The maximum Gasteiger partial charge on any atom is 0.0366 e. The predicted molar refractivity (Wildman–Crippen MR) is 75.5 cm³/mol. The number of piperidine rings is 1. The lowest BCUT2D eigenvalue weighted by atomic mass is 9.91. The predicted octanol–water partition coefficient (Wildman–Crippen LogP) is 4.48. The van der Waals surface area contributed by atoms with E-state index in [1.54, 1.807) is 0 Å². The van der Waals surface area contributed by atoms with E-state index in [1.807, 2.05) is 0 Å². The van der Waals surface area contributed by atoms with Gasteiger partial charge in [0.1, 0.15) is 0 Å². The first kappa shape index (κ1) is 12.5. The minimum Gasteiger partial charge on any atom is -0.372 e. The highest BCUT2D eigenvalue weighted by molar-refractivity contribution is 5.46. The summed E-state index contributed by atoms with van der Waals surface area (Å²) in [7, 11) is 0. The summed E-state index contributed by atoms with van der Waals surface area (Å²) < 4.78 is 0. The highest BCUT2D eigenvalue weighted by Gasteiger charge is 2.18. The van der Waals surface area contributed by atoms with Gasteiger partial charge < -0.3 is 4.90 Å². The molecule has 2 rings (SSSR count). The molecular formula is C16H25N. The molecule has 1 aromatic carbocycles. The van der Waals surface area contributed by atoms with E-state index in [9.17, 15) is 0 Å². The Hall–Kier alpha value is -0.980. The Kier molecular flexibility index (Phi) is 4.90. The highest BCUT2D eigenvalue weighted by atomic mass is 15.1. The molecule has 1 aliphatic rings. The van der Waals surface area contributed by atoms with E-state index >= 15 is 0 Å². The molecule has 0 atom stereocenters. The van der Waals surface area contributed by atoms with Gasteiger partial charge in [-0.25, -0.2) is 0 Å². The Balaban J connectivity index is 1.74. The van der Waals surface area contributed by atoms with Gasteiger partial charge >= 0.3 is 0 Å². The van der Waals surface area contributed by atoms with Crippen LogP contribution in [0.4, 0.5) is 5.69 Å². The van der Waals surface area contributed by atoms with Crippen LogP contribution in [0.5, 0.6) is 0 Å². The Labute approximate surface area is 106 Å².